The minimum atomic E-state index is -0.108. The zero-order valence-electron chi connectivity index (χ0n) is 18.2. The van der Waals surface area contributed by atoms with Crippen molar-refractivity contribution >= 4 is 43.8 Å². The molecule has 31 heavy (non-hydrogen) atoms. The van der Waals surface area contributed by atoms with Crippen molar-refractivity contribution < 1.29 is 4.79 Å². The molecule has 1 amide bonds. The van der Waals surface area contributed by atoms with Crippen LogP contribution in [0, 0.1) is 12.8 Å². The van der Waals surface area contributed by atoms with Gasteiger partial charge in [0.15, 0.2) is 0 Å². The van der Waals surface area contributed by atoms with Gasteiger partial charge < -0.3 is 5.32 Å². The van der Waals surface area contributed by atoms with Crippen LogP contribution in [-0.4, -0.2) is 20.7 Å². The number of carbonyl (C=O) groups is 1. The molecule has 1 aliphatic rings. The molecule has 5 rings (SSSR count). The van der Waals surface area contributed by atoms with Crippen LogP contribution >= 0.6 is 22.7 Å². The molecular formula is C24H26N4OS2. The monoisotopic (exact) mass is 450 g/mol. The lowest BCUT2D eigenvalue weighted by Gasteiger charge is -2.18. The van der Waals surface area contributed by atoms with Gasteiger partial charge in [-0.15, -0.1) is 22.7 Å². The van der Waals surface area contributed by atoms with E-state index < -0.39 is 0 Å². The minimum Gasteiger partial charge on any atom is -0.312 e. The molecule has 0 aliphatic heterocycles. The van der Waals surface area contributed by atoms with Gasteiger partial charge in [-0.2, -0.15) is 5.10 Å². The lowest BCUT2D eigenvalue weighted by atomic mass is 9.88. The van der Waals surface area contributed by atoms with Gasteiger partial charge in [0.05, 0.1) is 15.9 Å². The minimum absolute atomic E-state index is 0.108. The quantitative estimate of drug-likeness (QED) is 0.387. The molecule has 0 saturated heterocycles. The highest BCUT2D eigenvalue weighted by Crippen LogP contribution is 2.47. The lowest BCUT2D eigenvalue weighted by Crippen LogP contribution is -2.18. The normalized spacial score (nSPS) is 16.1. The summed E-state index contributed by atoms with van der Waals surface area (Å²) in [6, 6.07) is 10.2. The van der Waals surface area contributed by atoms with E-state index in [0.717, 1.165) is 39.6 Å². The summed E-state index contributed by atoms with van der Waals surface area (Å²) < 4.78 is 2.98. The van der Waals surface area contributed by atoms with Crippen LogP contribution in [0.2, 0.25) is 0 Å². The van der Waals surface area contributed by atoms with Crippen LogP contribution < -0.4 is 5.32 Å². The summed E-state index contributed by atoms with van der Waals surface area (Å²) in [7, 11) is 0. The average molecular weight is 451 g/mol. The Morgan fingerprint density at radius 2 is 2.06 bits per heavy atom. The fourth-order valence-corrected chi connectivity index (χ4v) is 6.81. The second-order valence-electron chi connectivity index (χ2n) is 8.71. The Morgan fingerprint density at radius 1 is 1.26 bits per heavy atom. The number of hydrogen-bond donors (Lipinski definition) is 1. The van der Waals surface area contributed by atoms with E-state index in [0.29, 0.717) is 11.6 Å². The van der Waals surface area contributed by atoms with Gasteiger partial charge in [-0.1, -0.05) is 19.1 Å². The van der Waals surface area contributed by atoms with E-state index in [1.165, 1.54) is 21.6 Å². The molecule has 7 heteroatoms. The Balaban J connectivity index is 1.59. The number of anilines is 1. The molecule has 1 atom stereocenters. The first kappa shape index (κ1) is 20.4. The van der Waals surface area contributed by atoms with E-state index in [-0.39, 0.29) is 11.9 Å². The number of thiophene rings is 1. The molecule has 4 aromatic rings. The molecule has 5 nitrogen and oxygen atoms in total. The fraction of sp³-hybridized carbons (Fsp3) is 0.375. The van der Waals surface area contributed by atoms with Gasteiger partial charge in [0.1, 0.15) is 15.7 Å². The molecule has 0 saturated carbocycles. The van der Waals surface area contributed by atoms with Crippen LogP contribution in [0.1, 0.15) is 59.9 Å². The SMILES string of the molecule is Cc1cc(C(=O)Nc2sc3c(c2-c2nc4ccccc4s2)CCC(C)C3)n(C(C)C)n1. The zero-order chi connectivity index (χ0) is 21.7. The number of thiazole rings is 1. The van der Waals surface area contributed by atoms with E-state index in [2.05, 4.69) is 29.5 Å². The number of aryl methyl sites for hydroxylation is 1. The van der Waals surface area contributed by atoms with Gasteiger partial charge in [0.2, 0.25) is 0 Å². The van der Waals surface area contributed by atoms with Crippen LogP contribution in [-0.2, 0) is 12.8 Å². The maximum Gasteiger partial charge on any atom is 0.274 e. The molecular weight excluding hydrogens is 424 g/mol. The first-order valence-corrected chi connectivity index (χ1v) is 12.4. The van der Waals surface area contributed by atoms with Crippen molar-refractivity contribution in [3.8, 4) is 10.6 Å². The molecule has 160 valence electrons. The number of nitrogens with zero attached hydrogens (tertiary/aromatic N) is 3. The molecule has 0 radical (unpaired) electrons. The van der Waals surface area contributed by atoms with E-state index >= 15 is 0 Å². The summed E-state index contributed by atoms with van der Waals surface area (Å²) in [5.41, 5.74) is 4.95. The van der Waals surface area contributed by atoms with Gasteiger partial charge in [0, 0.05) is 16.5 Å². The third-order valence-electron chi connectivity index (χ3n) is 5.83. The summed E-state index contributed by atoms with van der Waals surface area (Å²) in [5.74, 6) is 0.561. The summed E-state index contributed by atoms with van der Waals surface area (Å²) in [6.45, 7) is 8.32. The van der Waals surface area contributed by atoms with Gasteiger partial charge >= 0.3 is 0 Å². The van der Waals surface area contributed by atoms with E-state index in [4.69, 9.17) is 4.98 Å². The van der Waals surface area contributed by atoms with E-state index in [9.17, 15) is 4.79 Å². The summed E-state index contributed by atoms with van der Waals surface area (Å²) in [6.07, 6.45) is 3.28. The molecule has 0 spiro atoms. The maximum absolute atomic E-state index is 13.3. The molecule has 3 aromatic heterocycles. The third-order valence-corrected chi connectivity index (χ3v) is 8.05. The van der Waals surface area contributed by atoms with Crippen molar-refractivity contribution in [2.45, 2.75) is 53.0 Å². The standard InChI is InChI=1S/C24H26N4OS2/c1-13(2)28-18(12-15(4)27-28)22(29)26-24-21(16-10-9-14(3)11-20(16)31-24)23-25-17-7-5-6-8-19(17)30-23/h5-8,12-14H,9-11H2,1-4H3,(H,26,29). The number of amides is 1. The Kier molecular flexibility index (Phi) is 5.18. The maximum atomic E-state index is 13.3. The van der Waals surface area contributed by atoms with Crippen molar-refractivity contribution in [2.75, 3.05) is 5.32 Å². The highest BCUT2D eigenvalue weighted by Gasteiger charge is 2.28. The van der Waals surface area contributed by atoms with Crippen molar-refractivity contribution in [3.63, 3.8) is 0 Å². The second-order valence-corrected chi connectivity index (χ2v) is 10.8. The van der Waals surface area contributed by atoms with Crippen LogP contribution in [0.25, 0.3) is 20.8 Å². The largest absolute Gasteiger partial charge is 0.312 e. The number of fused-ring (bicyclic) bond motifs is 2. The zero-order valence-corrected chi connectivity index (χ0v) is 19.9. The average Bonchev–Trinajstić information content (AvgIpc) is 3.41. The lowest BCUT2D eigenvalue weighted by molar-refractivity contribution is 0.101. The predicted octanol–water partition coefficient (Wildman–Crippen LogP) is 6.49. The first-order chi connectivity index (χ1) is 14.9. The molecule has 0 fully saturated rings. The van der Waals surface area contributed by atoms with Crippen LogP contribution in [0.5, 0.6) is 0 Å². The summed E-state index contributed by atoms with van der Waals surface area (Å²) in [5, 5.41) is 9.65. The van der Waals surface area contributed by atoms with Crippen molar-refractivity contribution in [2.24, 2.45) is 5.92 Å². The molecule has 1 N–H and O–H groups in total. The molecule has 1 unspecified atom stereocenters. The number of carbonyl (C=O) groups excluding carboxylic acids is 1. The van der Waals surface area contributed by atoms with Gasteiger partial charge in [-0.3, -0.25) is 9.48 Å². The van der Waals surface area contributed by atoms with Crippen molar-refractivity contribution in [3.05, 3.63) is 52.2 Å². The van der Waals surface area contributed by atoms with Crippen molar-refractivity contribution in [1.29, 1.82) is 0 Å². The predicted molar refractivity (Wildman–Crippen MR) is 129 cm³/mol. The smallest absolute Gasteiger partial charge is 0.274 e. The summed E-state index contributed by atoms with van der Waals surface area (Å²) in [4.78, 5) is 19.6. The topological polar surface area (TPSA) is 59.8 Å². The van der Waals surface area contributed by atoms with Crippen LogP contribution in [0.15, 0.2) is 30.3 Å². The number of nitrogens with one attached hydrogen (secondary N) is 1. The molecule has 0 bridgehead atoms. The van der Waals surface area contributed by atoms with Crippen LogP contribution in [0.3, 0.4) is 0 Å². The molecule has 1 aliphatic carbocycles. The molecule has 3 heterocycles. The number of hydrogen-bond acceptors (Lipinski definition) is 5. The first-order valence-electron chi connectivity index (χ1n) is 10.8. The third kappa shape index (κ3) is 3.70. The number of para-hydroxylation sites is 1. The number of rotatable bonds is 4. The van der Waals surface area contributed by atoms with Crippen LogP contribution in [0.4, 0.5) is 5.00 Å². The Hall–Kier alpha value is -2.51. The molecule has 1 aromatic carbocycles. The van der Waals surface area contributed by atoms with E-state index in [1.807, 2.05) is 39.0 Å². The highest BCUT2D eigenvalue weighted by molar-refractivity contribution is 7.23. The Morgan fingerprint density at radius 3 is 2.84 bits per heavy atom. The Bertz CT molecular complexity index is 1250. The van der Waals surface area contributed by atoms with Gasteiger partial charge in [0.25, 0.3) is 5.91 Å². The van der Waals surface area contributed by atoms with Gasteiger partial charge in [-0.05, 0) is 69.7 Å². The Labute approximate surface area is 190 Å². The number of aromatic nitrogens is 3. The fourth-order valence-electron chi connectivity index (χ4n) is 4.29. The van der Waals surface area contributed by atoms with E-state index in [1.54, 1.807) is 27.4 Å². The summed E-state index contributed by atoms with van der Waals surface area (Å²) >= 11 is 3.42. The van der Waals surface area contributed by atoms with Crippen molar-refractivity contribution in [1.82, 2.24) is 14.8 Å². The number of benzene rings is 1. The van der Waals surface area contributed by atoms with Gasteiger partial charge in [-0.25, -0.2) is 4.98 Å². The second kappa shape index (κ2) is 7.88. The highest BCUT2D eigenvalue weighted by atomic mass is 32.1.